The molecule has 1 aromatic heterocycles. The first kappa shape index (κ1) is 19.7. The summed E-state index contributed by atoms with van der Waals surface area (Å²) in [5.41, 5.74) is 1.97. The number of aryl methyl sites for hydroxylation is 1. The lowest BCUT2D eigenvalue weighted by Gasteiger charge is -2.36. The van der Waals surface area contributed by atoms with Crippen LogP contribution in [0.1, 0.15) is 31.5 Å². The van der Waals surface area contributed by atoms with E-state index in [0.717, 1.165) is 41.7 Å². The number of rotatable bonds is 4. The SMILES string of the molecule is Cc1cc(N2CC(C)CC(C)C2)nc(NC(=S)NCc2ccc3c(c2)OCO3)n1. The zero-order valence-corrected chi connectivity index (χ0v) is 17.9. The van der Waals surface area contributed by atoms with Gasteiger partial charge in [0.05, 0.1) is 0 Å². The summed E-state index contributed by atoms with van der Waals surface area (Å²) in [4.78, 5) is 11.6. The molecule has 0 aliphatic carbocycles. The Morgan fingerprint density at radius 1 is 1.14 bits per heavy atom. The van der Waals surface area contributed by atoms with Crippen LogP contribution in [0.5, 0.6) is 11.5 Å². The van der Waals surface area contributed by atoms with Crippen molar-refractivity contribution in [3.8, 4) is 11.5 Å². The van der Waals surface area contributed by atoms with Crippen molar-refractivity contribution in [2.24, 2.45) is 11.8 Å². The zero-order chi connectivity index (χ0) is 20.4. The second-order valence-corrected chi connectivity index (χ2v) is 8.45. The van der Waals surface area contributed by atoms with E-state index in [1.54, 1.807) is 0 Å². The van der Waals surface area contributed by atoms with E-state index in [1.165, 1.54) is 6.42 Å². The summed E-state index contributed by atoms with van der Waals surface area (Å²) in [5, 5.41) is 6.81. The maximum atomic E-state index is 5.44. The molecular formula is C21H27N5O2S. The van der Waals surface area contributed by atoms with Crippen LogP contribution in [0.3, 0.4) is 0 Å². The molecule has 1 fully saturated rings. The molecule has 0 spiro atoms. The smallest absolute Gasteiger partial charge is 0.231 e. The normalized spacial score (nSPS) is 20.4. The van der Waals surface area contributed by atoms with Gasteiger partial charge in [-0.2, -0.15) is 4.98 Å². The standard InChI is InChI=1S/C21H27N5O2S/c1-13-6-14(2)11-26(10-13)19-7-15(3)23-20(24-19)25-21(29)22-9-16-4-5-17-18(8-16)28-12-27-17/h4-5,7-8,13-14H,6,9-12H2,1-3H3,(H2,22,23,24,25,29). The van der Waals surface area contributed by atoms with E-state index in [9.17, 15) is 0 Å². The lowest BCUT2D eigenvalue weighted by molar-refractivity contribution is 0.174. The maximum Gasteiger partial charge on any atom is 0.231 e. The van der Waals surface area contributed by atoms with Gasteiger partial charge >= 0.3 is 0 Å². The first-order chi connectivity index (χ1) is 14.0. The first-order valence-corrected chi connectivity index (χ1v) is 10.4. The summed E-state index contributed by atoms with van der Waals surface area (Å²) >= 11 is 5.44. The van der Waals surface area contributed by atoms with E-state index in [1.807, 2.05) is 31.2 Å². The monoisotopic (exact) mass is 413 g/mol. The Morgan fingerprint density at radius 3 is 2.69 bits per heavy atom. The van der Waals surface area contributed by atoms with Crippen LogP contribution in [0.2, 0.25) is 0 Å². The molecule has 2 N–H and O–H groups in total. The number of hydrogen-bond acceptors (Lipinski definition) is 6. The molecule has 0 radical (unpaired) electrons. The van der Waals surface area contributed by atoms with Crippen molar-refractivity contribution in [1.29, 1.82) is 0 Å². The summed E-state index contributed by atoms with van der Waals surface area (Å²) in [6.45, 7) is 9.46. The van der Waals surface area contributed by atoms with Crippen LogP contribution in [0.4, 0.5) is 11.8 Å². The minimum atomic E-state index is 0.272. The maximum absolute atomic E-state index is 5.44. The number of nitrogens with zero attached hydrogens (tertiary/aromatic N) is 3. The summed E-state index contributed by atoms with van der Waals surface area (Å²) < 4.78 is 10.8. The predicted octanol–water partition coefficient (Wildman–Crippen LogP) is 3.48. The van der Waals surface area contributed by atoms with Gasteiger partial charge in [-0.1, -0.05) is 19.9 Å². The van der Waals surface area contributed by atoms with Gasteiger partial charge in [-0.3, -0.25) is 0 Å². The molecule has 2 aromatic rings. The van der Waals surface area contributed by atoms with Gasteiger partial charge in [0.15, 0.2) is 16.6 Å². The highest BCUT2D eigenvalue weighted by molar-refractivity contribution is 7.80. The summed E-state index contributed by atoms with van der Waals surface area (Å²) in [5.74, 6) is 4.34. The zero-order valence-electron chi connectivity index (χ0n) is 17.1. The third-order valence-corrected chi connectivity index (χ3v) is 5.40. The van der Waals surface area contributed by atoms with Crippen LogP contribution in [0.25, 0.3) is 0 Å². The topological polar surface area (TPSA) is 71.5 Å². The molecule has 3 heterocycles. The van der Waals surface area contributed by atoms with Crippen molar-refractivity contribution in [1.82, 2.24) is 15.3 Å². The largest absolute Gasteiger partial charge is 0.454 e. The van der Waals surface area contributed by atoms with Gasteiger partial charge in [-0.15, -0.1) is 0 Å². The fraction of sp³-hybridized carbons (Fsp3) is 0.476. The van der Waals surface area contributed by atoms with Crippen molar-refractivity contribution >= 4 is 29.1 Å². The number of nitrogens with one attached hydrogen (secondary N) is 2. The van der Waals surface area contributed by atoms with Crippen LogP contribution in [-0.4, -0.2) is 35.0 Å². The van der Waals surface area contributed by atoms with Gasteiger partial charge in [0.1, 0.15) is 5.82 Å². The molecule has 0 saturated carbocycles. The minimum Gasteiger partial charge on any atom is -0.454 e. The van der Waals surface area contributed by atoms with Crippen LogP contribution in [0.15, 0.2) is 24.3 Å². The van der Waals surface area contributed by atoms with E-state index >= 15 is 0 Å². The first-order valence-electron chi connectivity index (χ1n) is 10.0. The van der Waals surface area contributed by atoms with Gasteiger partial charge < -0.3 is 25.0 Å². The van der Waals surface area contributed by atoms with Gasteiger partial charge in [-0.25, -0.2) is 4.98 Å². The van der Waals surface area contributed by atoms with E-state index in [-0.39, 0.29) is 6.79 Å². The summed E-state index contributed by atoms with van der Waals surface area (Å²) in [6, 6.07) is 7.90. The minimum absolute atomic E-state index is 0.272. The molecule has 2 atom stereocenters. The van der Waals surface area contributed by atoms with Crippen LogP contribution in [-0.2, 0) is 6.54 Å². The van der Waals surface area contributed by atoms with E-state index < -0.39 is 0 Å². The van der Waals surface area contributed by atoms with E-state index in [4.69, 9.17) is 26.7 Å². The second-order valence-electron chi connectivity index (χ2n) is 8.04. The van der Waals surface area contributed by atoms with Crippen molar-refractivity contribution in [2.75, 3.05) is 30.1 Å². The average Bonchev–Trinajstić information content (AvgIpc) is 3.13. The molecule has 1 aromatic carbocycles. The van der Waals surface area contributed by atoms with E-state index in [0.29, 0.717) is 29.4 Å². The molecule has 0 amide bonds. The van der Waals surface area contributed by atoms with Crippen LogP contribution in [0, 0.1) is 18.8 Å². The number of hydrogen-bond donors (Lipinski definition) is 2. The summed E-state index contributed by atoms with van der Waals surface area (Å²) in [7, 11) is 0. The highest BCUT2D eigenvalue weighted by Gasteiger charge is 2.23. The Balaban J connectivity index is 1.38. The van der Waals surface area contributed by atoms with Crippen molar-refractivity contribution in [3.63, 3.8) is 0 Å². The quantitative estimate of drug-likeness (QED) is 0.738. The van der Waals surface area contributed by atoms with Crippen molar-refractivity contribution in [3.05, 3.63) is 35.5 Å². The molecule has 4 rings (SSSR count). The third-order valence-electron chi connectivity index (χ3n) is 5.15. The molecule has 2 unspecified atom stereocenters. The molecule has 29 heavy (non-hydrogen) atoms. The third kappa shape index (κ3) is 4.87. The molecular weight excluding hydrogens is 386 g/mol. The van der Waals surface area contributed by atoms with Crippen molar-refractivity contribution < 1.29 is 9.47 Å². The van der Waals surface area contributed by atoms with Crippen LogP contribution >= 0.6 is 12.2 Å². The highest BCUT2D eigenvalue weighted by atomic mass is 32.1. The van der Waals surface area contributed by atoms with Gasteiger partial charge in [0.25, 0.3) is 0 Å². The molecule has 7 nitrogen and oxygen atoms in total. The van der Waals surface area contributed by atoms with Crippen LogP contribution < -0.4 is 25.0 Å². The molecule has 2 aliphatic rings. The molecule has 2 aliphatic heterocycles. The number of anilines is 2. The number of ether oxygens (including phenoxy) is 2. The molecule has 0 bridgehead atoms. The van der Waals surface area contributed by atoms with Crippen molar-refractivity contribution in [2.45, 2.75) is 33.7 Å². The fourth-order valence-corrected chi connectivity index (χ4v) is 4.16. The van der Waals surface area contributed by atoms with Gasteiger partial charge in [-0.05, 0) is 55.1 Å². The average molecular weight is 414 g/mol. The number of thiocarbonyl (C=S) groups is 1. The molecule has 154 valence electrons. The van der Waals surface area contributed by atoms with Gasteiger partial charge in [0, 0.05) is 31.4 Å². The number of aromatic nitrogens is 2. The summed E-state index contributed by atoms with van der Waals surface area (Å²) in [6.07, 6.45) is 1.26. The molecule has 8 heteroatoms. The van der Waals surface area contributed by atoms with E-state index in [2.05, 4.69) is 34.4 Å². The number of piperidine rings is 1. The Bertz CT molecular complexity index is 897. The highest BCUT2D eigenvalue weighted by Crippen LogP contribution is 2.32. The Morgan fingerprint density at radius 2 is 1.90 bits per heavy atom. The lowest BCUT2D eigenvalue weighted by Crippen LogP contribution is -2.39. The van der Waals surface area contributed by atoms with Gasteiger partial charge in [0.2, 0.25) is 12.7 Å². The fourth-order valence-electron chi connectivity index (χ4n) is 4.00. The lowest BCUT2D eigenvalue weighted by atomic mass is 9.92. The molecule has 1 saturated heterocycles. The Labute approximate surface area is 176 Å². The predicted molar refractivity (Wildman–Crippen MR) is 118 cm³/mol. The number of fused-ring (bicyclic) bond motifs is 1. The second kappa shape index (κ2) is 8.41. The number of benzene rings is 1. The Hall–Kier alpha value is -2.61. The Kier molecular flexibility index (Phi) is 5.71.